The van der Waals surface area contributed by atoms with Crippen molar-refractivity contribution in [3.63, 3.8) is 0 Å². The fourth-order valence-corrected chi connectivity index (χ4v) is 2.80. The molecule has 0 aromatic heterocycles. The molecule has 0 atom stereocenters. The summed E-state index contributed by atoms with van der Waals surface area (Å²) in [5.74, 6) is 0.531. The van der Waals surface area contributed by atoms with E-state index in [0.717, 1.165) is 29.4 Å². The van der Waals surface area contributed by atoms with Crippen LogP contribution < -0.4 is 15.1 Å². The number of nitrogens with zero attached hydrogens (tertiary/aromatic N) is 3. The molecule has 0 fully saturated rings. The predicted octanol–water partition coefficient (Wildman–Crippen LogP) is 3.45. The molecule has 0 amide bonds. The highest BCUT2D eigenvalue weighted by Gasteiger charge is 2.09. The molecule has 0 spiro atoms. The van der Waals surface area contributed by atoms with Crippen LogP contribution in [0.4, 0.5) is 21.5 Å². The van der Waals surface area contributed by atoms with Crippen molar-refractivity contribution >= 4 is 23.4 Å². The van der Waals surface area contributed by atoms with Gasteiger partial charge in [-0.05, 0) is 61.5 Å². The summed E-state index contributed by atoms with van der Waals surface area (Å²) in [6.45, 7) is 4.34. The fourth-order valence-electron chi connectivity index (χ4n) is 2.80. The molecular formula is C20H23FN4O. The molecule has 0 saturated heterocycles. The Hall–Kier alpha value is -2.86. The summed E-state index contributed by atoms with van der Waals surface area (Å²) in [5.41, 5.74) is 2.93. The van der Waals surface area contributed by atoms with E-state index in [1.807, 2.05) is 35.2 Å². The number of aliphatic imine (C=N–C) groups is 1. The maximum Gasteiger partial charge on any atom is 0.129 e. The Kier molecular flexibility index (Phi) is 5.86. The Bertz CT molecular complexity index is 771. The second-order valence-corrected chi connectivity index (χ2v) is 5.94. The zero-order valence-electron chi connectivity index (χ0n) is 14.8. The van der Waals surface area contributed by atoms with Crippen LogP contribution in [0.3, 0.4) is 0 Å². The van der Waals surface area contributed by atoms with Gasteiger partial charge in [0.05, 0.1) is 12.9 Å². The van der Waals surface area contributed by atoms with Crippen molar-refractivity contribution in [1.29, 1.82) is 0 Å². The molecule has 3 rings (SSSR count). The number of aliphatic hydroxyl groups is 1. The van der Waals surface area contributed by atoms with Gasteiger partial charge >= 0.3 is 0 Å². The normalized spacial score (nSPS) is 13.5. The van der Waals surface area contributed by atoms with Crippen LogP contribution in [-0.2, 0) is 0 Å². The standard InChI is InChI=1S/C20H23FN4O/c1-2-24(13-14-26)18-9-5-17(6-10-18)23-20-11-12-25(15-22-20)19-7-3-16(21)4-8-19/h3-11,15,23,26H,2,12-14H2,1H3. The van der Waals surface area contributed by atoms with E-state index in [9.17, 15) is 4.39 Å². The average Bonchev–Trinajstić information content (AvgIpc) is 2.68. The van der Waals surface area contributed by atoms with Gasteiger partial charge < -0.3 is 20.2 Å². The number of nitrogens with one attached hydrogen (secondary N) is 1. The van der Waals surface area contributed by atoms with Crippen LogP contribution in [-0.4, -0.2) is 37.7 Å². The van der Waals surface area contributed by atoms with Gasteiger partial charge in [-0.2, -0.15) is 0 Å². The van der Waals surface area contributed by atoms with Gasteiger partial charge in [-0.25, -0.2) is 9.38 Å². The minimum atomic E-state index is -0.246. The number of hydrogen-bond acceptors (Lipinski definition) is 5. The van der Waals surface area contributed by atoms with Crippen LogP contribution >= 0.6 is 0 Å². The van der Waals surface area contributed by atoms with Crippen LogP contribution in [0.5, 0.6) is 0 Å². The first kappa shape index (κ1) is 17.9. The van der Waals surface area contributed by atoms with E-state index >= 15 is 0 Å². The first-order valence-corrected chi connectivity index (χ1v) is 8.69. The number of benzene rings is 2. The summed E-state index contributed by atoms with van der Waals surface area (Å²) in [6.07, 6.45) is 3.73. The Morgan fingerprint density at radius 3 is 2.46 bits per heavy atom. The highest BCUT2D eigenvalue weighted by molar-refractivity contribution is 5.81. The Balaban J connectivity index is 1.60. The highest BCUT2D eigenvalue weighted by Crippen LogP contribution is 2.21. The predicted molar refractivity (Wildman–Crippen MR) is 105 cm³/mol. The maximum absolute atomic E-state index is 13.0. The topological polar surface area (TPSA) is 51.1 Å². The Morgan fingerprint density at radius 2 is 1.88 bits per heavy atom. The monoisotopic (exact) mass is 354 g/mol. The lowest BCUT2D eigenvalue weighted by Crippen LogP contribution is -2.26. The van der Waals surface area contributed by atoms with Gasteiger partial charge in [-0.15, -0.1) is 0 Å². The van der Waals surface area contributed by atoms with Gasteiger partial charge in [-0.3, -0.25) is 0 Å². The smallest absolute Gasteiger partial charge is 0.129 e. The first-order valence-electron chi connectivity index (χ1n) is 8.69. The minimum absolute atomic E-state index is 0.139. The third-order valence-corrected chi connectivity index (χ3v) is 4.23. The largest absolute Gasteiger partial charge is 0.395 e. The summed E-state index contributed by atoms with van der Waals surface area (Å²) in [4.78, 5) is 8.48. The zero-order valence-corrected chi connectivity index (χ0v) is 14.8. The minimum Gasteiger partial charge on any atom is -0.395 e. The van der Waals surface area contributed by atoms with Gasteiger partial charge in [0.15, 0.2) is 0 Å². The molecule has 2 aromatic rings. The number of halogens is 1. The van der Waals surface area contributed by atoms with E-state index in [2.05, 4.69) is 22.1 Å². The SMILES string of the molecule is CCN(CCO)c1ccc(NC2=CCN(c3ccc(F)cc3)C=N2)cc1. The van der Waals surface area contributed by atoms with E-state index in [-0.39, 0.29) is 12.4 Å². The fraction of sp³-hybridized carbons (Fsp3) is 0.250. The van der Waals surface area contributed by atoms with Crippen molar-refractivity contribution in [3.8, 4) is 0 Å². The van der Waals surface area contributed by atoms with Crippen LogP contribution in [0.15, 0.2) is 65.4 Å². The summed E-state index contributed by atoms with van der Waals surface area (Å²) in [7, 11) is 0. The van der Waals surface area contributed by atoms with Crippen LogP contribution in [0.2, 0.25) is 0 Å². The van der Waals surface area contributed by atoms with E-state index < -0.39 is 0 Å². The van der Waals surface area contributed by atoms with Gasteiger partial charge in [0.25, 0.3) is 0 Å². The number of likely N-dealkylation sites (N-methyl/N-ethyl adjacent to an activating group) is 1. The molecule has 6 heteroatoms. The van der Waals surface area contributed by atoms with E-state index in [0.29, 0.717) is 13.1 Å². The lowest BCUT2D eigenvalue weighted by atomic mass is 10.2. The molecule has 1 aliphatic heterocycles. The lowest BCUT2D eigenvalue weighted by molar-refractivity contribution is 0.302. The zero-order chi connectivity index (χ0) is 18.4. The lowest BCUT2D eigenvalue weighted by Gasteiger charge is -2.23. The van der Waals surface area contributed by atoms with Gasteiger partial charge in [0.2, 0.25) is 0 Å². The summed E-state index contributed by atoms with van der Waals surface area (Å²) < 4.78 is 13.0. The quantitative estimate of drug-likeness (QED) is 0.800. The molecule has 2 N–H and O–H groups in total. The van der Waals surface area contributed by atoms with Crippen LogP contribution in [0.25, 0.3) is 0 Å². The molecule has 0 aliphatic carbocycles. The van der Waals surface area contributed by atoms with E-state index in [1.165, 1.54) is 12.1 Å². The van der Waals surface area contributed by atoms with E-state index in [4.69, 9.17) is 5.11 Å². The maximum atomic E-state index is 13.0. The number of hydrogen-bond donors (Lipinski definition) is 2. The number of aliphatic hydroxyl groups excluding tert-OH is 1. The van der Waals surface area contributed by atoms with Crippen LogP contribution in [0, 0.1) is 5.82 Å². The third-order valence-electron chi connectivity index (χ3n) is 4.23. The molecule has 0 bridgehead atoms. The highest BCUT2D eigenvalue weighted by atomic mass is 19.1. The molecule has 26 heavy (non-hydrogen) atoms. The molecule has 0 unspecified atom stereocenters. The third kappa shape index (κ3) is 4.40. The Morgan fingerprint density at radius 1 is 1.15 bits per heavy atom. The summed E-state index contributed by atoms with van der Waals surface area (Å²) in [5, 5.41) is 12.4. The first-order chi connectivity index (χ1) is 12.7. The van der Waals surface area contributed by atoms with Crippen molar-refractivity contribution < 1.29 is 9.50 Å². The van der Waals surface area contributed by atoms with Crippen molar-refractivity contribution in [2.75, 3.05) is 41.4 Å². The average molecular weight is 354 g/mol. The number of anilines is 3. The summed E-state index contributed by atoms with van der Waals surface area (Å²) >= 11 is 0. The van der Waals surface area contributed by atoms with Gasteiger partial charge in [0.1, 0.15) is 11.6 Å². The second kappa shape index (κ2) is 8.49. The number of rotatable bonds is 7. The van der Waals surface area contributed by atoms with Crippen molar-refractivity contribution in [1.82, 2.24) is 0 Å². The molecule has 2 aromatic carbocycles. The van der Waals surface area contributed by atoms with Crippen molar-refractivity contribution in [3.05, 3.63) is 66.2 Å². The summed E-state index contributed by atoms with van der Waals surface area (Å²) in [6, 6.07) is 14.4. The molecule has 1 aliphatic rings. The molecule has 0 radical (unpaired) electrons. The van der Waals surface area contributed by atoms with Crippen LogP contribution in [0.1, 0.15) is 6.92 Å². The van der Waals surface area contributed by atoms with Gasteiger partial charge in [0, 0.05) is 36.7 Å². The molecule has 1 heterocycles. The Labute approximate surface area is 153 Å². The second-order valence-electron chi connectivity index (χ2n) is 5.94. The molecule has 136 valence electrons. The molecular weight excluding hydrogens is 331 g/mol. The molecule has 5 nitrogen and oxygen atoms in total. The van der Waals surface area contributed by atoms with E-state index in [1.54, 1.807) is 18.5 Å². The van der Waals surface area contributed by atoms with Gasteiger partial charge in [-0.1, -0.05) is 0 Å². The molecule has 0 saturated carbocycles. The van der Waals surface area contributed by atoms with Crippen molar-refractivity contribution in [2.45, 2.75) is 6.92 Å². The van der Waals surface area contributed by atoms with Crippen molar-refractivity contribution in [2.24, 2.45) is 4.99 Å².